The van der Waals surface area contributed by atoms with Gasteiger partial charge in [-0.05, 0) is 63.2 Å². The minimum atomic E-state index is -4.56. The number of rotatable bonds is 8. The van der Waals surface area contributed by atoms with E-state index >= 15 is 0 Å². The maximum atomic E-state index is 14.0. The number of benzene rings is 2. The van der Waals surface area contributed by atoms with E-state index in [1.54, 1.807) is 61.5 Å². The maximum absolute atomic E-state index is 14.0. The van der Waals surface area contributed by atoms with Crippen LogP contribution in [0.3, 0.4) is 0 Å². The predicted octanol–water partition coefficient (Wildman–Crippen LogP) is 4.91. The minimum Gasteiger partial charge on any atom is -0.389 e. The van der Waals surface area contributed by atoms with E-state index in [4.69, 9.17) is 0 Å². The van der Waals surface area contributed by atoms with Crippen molar-refractivity contribution in [2.45, 2.75) is 45.6 Å². The van der Waals surface area contributed by atoms with E-state index in [2.05, 4.69) is 42.4 Å². The summed E-state index contributed by atoms with van der Waals surface area (Å²) in [5, 5.41) is 19.8. The molecule has 13 heteroatoms. The first-order valence-corrected chi connectivity index (χ1v) is 15.1. The number of amides is 1. The van der Waals surface area contributed by atoms with E-state index in [0.29, 0.717) is 42.4 Å². The van der Waals surface area contributed by atoms with Crippen molar-refractivity contribution in [3.63, 3.8) is 0 Å². The number of hydrogen-bond acceptors (Lipinski definition) is 8. The second kappa shape index (κ2) is 13.9. The molecule has 4 aromatic rings. The molecule has 0 atom stereocenters. The van der Waals surface area contributed by atoms with E-state index in [9.17, 15) is 23.1 Å². The number of likely N-dealkylation sites (N-methyl/N-ethyl adjacent to an activating group) is 1. The van der Waals surface area contributed by atoms with E-state index in [1.165, 1.54) is 12.1 Å². The van der Waals surface area contributed by atoms with Gasteiger partial charge in [0, 0.05) is 68.1 Å². The number of alkyl halides is 3. The number of nitrogens with one attached hydrogen (secondary N) is 2. The number of carbonyl (C=O) groups excluding carboxylic acids is 1. The van der Waals surface area contributed by atoms with Gasteiger partial charge < -0.3 is 20.6 Å². The molecule has 2 aromatic heterocycles. The lowest BCUT2D eigenvalue weighted by Crippen LogP contribution is -2.44. The fourth-order valence-corrected chi connectivity index (χ4v) is 5.04. The normalized spacial score (nSPS) is 14.4. The summed E-state index contributed by atoms with van der Waals surface area (Å²) in [6.07, 6.45) is 1.89. The van der Waals surface area contributed by atoms with E-state index in [1.807, 2.05) is 18.9 Å². The zero-order chi connectivity index (χ0) is 33.8. The summed E-state index contributed by atoms with van der Waals surface area (Å²) in [5.41, 5.74) is 1.45. The standard InChI is InChI=1S/C34H37F3N8O2/c1-23-5-7-26(31(46)41-28-10-9-27(30(16-28)34(35,36)37)20-44-13-11-43(4)12-14-44)15-25(23)8-6-24-17-38-32(39-18-24)42-29-19-40-45(21-29)22-33(2,3)47/h5,7,9-10,15-19,21,47H,11-14,20,22H2,1-4H3,(H,41,46)(H,38,39,42). The molecule has 2 aromatic carbocycles. The fourth-order valence-electron chi connectivity index (χ4n) is 5.04. The van der Waals surface area contributed by atoms with Gasteiger partial charge in [0.2, 0.25) is 5.95 Å². The second-order valence-corrected chi connectivity index (χ2v) is 12.3. The topological polar surface area (TPSA) is 111 Å². The average molecular weight is 647 g/mol. The van der Waals surface area contributed by atoms with Crippen LogP contribution in [0.5, 0.6) is 0 Å². The first kappa shape index (κ1) is 33.6. The number of aliphatic hydroxyl groups is 1. The van der Waals surface area contributed by atoms with E-state index in [0.717, 1.165) is 24.7 Å². The molecule has 5 rings (SSSR count). The zero-order valence-electron chi connectivity index (χ0n) is 26.7. The average Bonchev–Trinajstić information content (AvgIpc) is 3.43. The molecule has 3 N–H and O–H groups in total. The Labute approximate surface area is 271 Å². The van der Waals surface area contributed by atoms with Gasteiger partial charge in [0.25, 0.3) is 5.91 Å². The van der Waals surface area contributed by atoms with Crippen LogP contribution >= 0.6 is 0 Å². The van der Waals surface area contributed by atoms with Crippen LogP contribution < -0.4 is 10.6 Å². The van der Waals surface area contributed by atoms with Gasteiger partial charge in [-0.25, -0.2) is 9.97 Å². The van der Waals surface area contributed by atoms with Crippen molar-refractivity contribution >= 4 is 23.2 Å². The first-order chi connectivity index (χ1) is 22.2. The van der Waals surface area contributed by atoms with Crippen LogP contribution in [0.1, 0.15) is 52.0 Å². The van der Waals surface area contributed by atoms with Crippen molar-refractivity contribution < 1.29 is 23.1 Å². The van der Waals surface area contributed by atoms with Crippen LogP contribution in [-0.4, -0.2) is 79.4 Å². The maximum Gasteiger partial charge on any atom is 0.416 e. The number of nitrogens with zero attached hydrogens (tertiary/aromatic N) is 6. The SMILES string of the molecule is Cc1ccc(C(=O)Nc2ccc(CN3CCN(C)CC3)c(C(F)(F)F)c2)cc1C#Cc1cnc(Nc2cnn(CC(C)(C)O)c2)nc1. The van der Waals surface area contributed by atoms with Crippen molar-refractivity contribution in [3.8, 4) is 11.8 Å². The van der Waals surface area contributed by atoms with Crippen LogP contribution in [0.15, 0.2) is 61.2 Å². The molecule has 1 aliphatic rings. The first-order valence-electron chi connectivity index (χ1n) is 15.1. The monoisotopic (exact) mass is 646 g/mol. The lowest BCUT2D eigenvalue weighted by Gasteiger charge is -2.33. The highest BCUT2D eigenvalue weighted by molar-refractivity contribution is 6.04. The summed E-state index contributed by atoms with van der Waals surface area (Å²) in [6, 6.07) is 8.89. The van der Waals surface area contributed by atoms with Crippen molar-refractivity contribution in [3.05, 3.63) is 94.6 Å². The smallest absolute Gasteiger partial charge is 0.389 e. The van der Waals surface area contributed by atoms with Gasteiger partial charge in [-0.3, -0.25) is 14.4 Å². The minimum absolute atomic E-state index is 0.0630. The molecule has 47 heavy (non-hydrogen) atoms. The number of aryl methyl sites for hydroxylation is 1. The van der Waals surface area contributed by atoms with Crippen molar-refractivity contribution in [2.75, 3.05) is 43.9 Å². The Bertz CT molecular complexity index is 1780. The number of piperazine rings is 1. The summed E-state index contributed by atoms with van der Waals surface area (Å²) < 4.78 is 43.7. The number of halogens is 3. The molecule has 1 aliphatic heterocycles. The van der Waals surface area contributed by atoms with Gasteiger partial charge in [0.05, 0.1) is 35.2 Å². The Morgan fingerprint density at radius 1 is 0.979 bits per heavy atom. The lowest BCUT2D eigenvalue weighted by molar-refractivity contribution is -0.138. The molecule has 10 nitrogen and oxygen atoms in total. The van der Waals surface area contributed by atoms with Gasteiger partial charge >= 0.3 is 6.18 Å². The van der Waals surface area contributed by atoms with Gasteiger partial charge in [-0.15, -0.1) is 0 Å². The molecule has 0 saturated carbocycles. The van der Waals surface area contributed by atoms with Crippen molar-refractivity contribution in [2.24, 2.45) is 0 Å². The van der Waals surface area contributed by atoms with Gasteiger partial charge in [0.1, 0.15) is 0 Å². The fraction of sp³-hybridized carbons (Fsp3) is 0.353. The Balaban J connectivity index is 1.25. The Kier molecular flexibility index (Phi) is 9.95. The molecule has 3 heterocycles. The molecule has 0 radical (unpaired) electrons. The Morgan fingerprint density at radius 3 is 2.38 bits per heavy atom. The Morgan fingerprint density at radius 2 is 1.70 bits per heavy atom. The molecule has 0 aliphatic carbocycles. The summed E-state index contributed by atoms with van der Waals surface area (Å²) >= 11 is 0. The molecule has 1 fully saturated rings. The summed E-state index contributed by atoms with van der Waals surface area (Å²) in [7, 11) is 1.99. The number of hydrogen-bond donors (Lipinski definition) is 3. The quantitative estimate of drug-likeness (QED) is 0.232. The summed E-state index contributed by atoms with van der Waals surface area (Å²) in [6.45, 7) is 8.75. The third-order valence-electron chi connectivity index (χ3n) is 7.59. The van der Waals surface area contributed by atoms with E-state index in [-0.39, 0.29) is 23.4 Å². The number of carbonyl (C=O) groups is 1. The third kappa shape index (κ3) is 9.38. The predicted molar refractivity (Wildman–Crippen MR) is 173 cm³/mol. The van der Waals surface area contributed by atoms with Crippen molar-refractivity contribution in [1.82, 2.24) is 29.5 Å². The van der Waals surface area contributed by atoms with Crippen LogP contribution in [-0.2, 0) is 19.3 Å². The molecule has 0 bridgehead atoms. The van der Waals surface area contributed by atoms with Gasteiger partial charge in [0.15, 0.2) is 0 Å². The molecule has 0 unspecified atom stereocenters. The molecule has 0 spiro atoms. The molecule has 1 amide bonds. The highest BCUT2D eigenvalue weighted by Crippen LogP contribution is 2.35. The number of aromatic nitrogens is 4. The lowest BCUT2D eigenvalue weighted by atomic mass is 10.0. The van der Waals surface area contributed by atoms with Crippen LogP contribution in [0.2, 0.25) is 0 Å². The van der Waals surface area contributed by atoms with Crippen molar-refractivity contribution in [1.29, 1.82) is 0 Å². The van der Waals surface area contributed by atoms with Crippen LogP contribution in [0.4, 0.5) is 30.5 Å². The van der Waals surface area contributed by atoms with Crippen LogP contribution in [0, 0.1) is 18.8 Å². The zero-order valence-corrected chi connectivity index (χ0v) is 26.7. The second-order valence-electron chi connectivity index (χ2n) is 12.3. The number of anilines is 3. The summed E-state index contributed by atoms with van der Waals surface area (Å²) in [5.74, 6) is 5.83. The molecular weight excluding hydrogens is 609 g/mol. The van der Waals surface area contributed by atoms with E-state index < -0.39 is 23.2 Å². The highest BCUT2D eigenvalue weighted by Gasteiger charge is 2.34. The third-order valence-corrected chi connectivity index (χ3v) is 7.59. The summed E-state index contributed by atoms with van der Waals surface area (Å²) in [4.78, 5) is 25.8. The Hall–Kier alpha value is -4.77. The van der Waals surface area contributed by atoms with Crippen LogP contribution in [0.25, 0.3) is 0 Å². The molecular formula is C34H37F3N8O2. The highest BCUT2D eigenvalue weighted by atomic mass is 19.4. The molecule has 1 saturated heterocycles. The molecule has 246 valence electrons. The van der Waals surface area contributed by atoms with Gasteiger partial charge in [-0.2, -0.15) is 18.3 Å². The largest absolute Gasteiger partial charge is 0.416 e. The van der Waals surface area contributed by atoms with Gasteiger partial charge in [-0.1, -0.05) is 24.0 Å².